The van der Waals surface area contributed by atoms with E-state index in [0.29, 0.717) is 29.1 Å². The highest BCUT2D eigenvalue weighted by Crippen LogP contribution is 2.19. The summed E-state index contributed by atoms with van der Waals surface area (Å²) in [7, 11) is 1.58. The zero-order chi connectivity index (χ0) is 21.3. The average Bonchev–Trinajstić information content (AvgIpc) is 2.78. The molecule has 3 rings (SSSR count). The molecule has 154 valence electrons. The molecule has 2 N–H and O–H groups in total. The fraction of sp³-hybridized carbons (Fsp3) is 0.208. The number of carbonyl (C=O) groups is 2. The maximum absolute atomic E-state index is 12.7. The van der Waals surface area contributed by atoms with Gasteiger partial charge in [0.2, 0.25) is 5.91 Å². The van der Waals surface area contributed by atoms with Gasteiger partial charge >= 0.3 is 0 Å². The molecular weight excluding hydrogens is 378 g/mol. The van der Waals surface area contributed by atoms with E-state index in [1.165, 1.54) is 5.56 Å². The van der Waals surface area contributed by atoms with Crippen LogP contribution < -0.4 is 15.4 Å². The van der Waals surface area contributed by atoms with Gasteiger partial charge in [-0.25, -0.2) is 0 Å². The first-order valence-corrected chi connectivity index (χ1v) is 9.86. The molecule has 0 fully saturated rings. The summed E-state index contributed by atoms with van der Waals surface area (Å²) in [4.78, 5) is 29.3. The molecule has 1 aromatic heterocycles. The number of pyridine rings is 1. The van der Waals surface area contributed by atoms with Crippen molar-refractivity contribution in [1.82, 2.24) is 4.98 Å². The number of benzene rings is 2. The molecule has 0 radical (unpaired) electrons. The molecule has 6 heteroatoms. The Balaban J connectivity index is 1.63. The van der Waals surface area contributed by atoms with Crippen molar-refractivity contribution in [3.8, 4) is 5.75 Å². The van der Waals surface area contributed by atoms with Crippen LogP contribution in [0.1, 0.15) is 34.8 Å². The quantitative estimate of drug-likeness (QED) is 0.581. The van der Waals surface area contributed by atoms with E-state index >= 15 is 0 Å². The fourth-order valence-corrected chi connectivity index (χ4v) is 2.99. The molecule has 1 heterocycles. The van der Waals surface area contributed by atoms with Gasteiger partial charge in [0.25, 0.3) is 5.91 Å². The van der Waals surface area contributed by atoms with Crippen molar-refractivity contribution in [2.24, 2.45) is 0 Å². The zero-order valence-corrected chi connectivity index (χ0v) is 17.1. The first-order chi connectivity index (χ1) is 14.6. The number of methoxy groups -OCH3 is 1. The normalized spacial score (nSPS) is 10.3. The minimum atomic E-state index is -0.271. The molecule has 0 atom stereocenters. The van der Waals surface area contributed by atoms with Gasteiger partial charge in [-0.05, 0) is 54.3 Å². The number of nitrogens with one attached hydrogen (secondary N) is 2. The molecule has 30 heavy (non-hydrogen) atoms. The summed E-state index contributed by atoms with van der Waals surface area (Å²) < 4.78 is 5.15. The van der Waals surface area contributed by atoms with Gasteiger partial charge in [-0.2, -0.15) is 0 Å². The Kier molecular flexibility index (Phi) is 7.16. The smallest absolute Gasteiger partial charge is 0.257 e. The summed E-state index contributed by atoms with van der Waals surface area (Å²) in [5.41, 5.74) is 3.71. The number of aromatic nitrogens is 1. The second-order valence-corrected chi connectivity index (χ2v) is 6.83. The van der Waals surface area contributed by atoms with E-state index in [0.717, 1.165) is 12.0 Å². The highest BCUT2D eigenvalue weighted by molar-refractivity contribution is 6.10. The first kappa shape index (κ1) is 21.0. The van der Waals surface area contributed by atoms with Gasteiger partial charge in [0.05, 0.1) is 24.6 Å². The zero-order valence-electron chi connectivity index (χ0n) is 17.1. The van der Waals surface area contributed by atoms with E-state index in [1.807, 2.05) is 30.3 Å². The number of hydrogen-bond donors (Lipinski definition) is 2. The SMILES string of the molecule is CCc1ccc(NC(=O)c2ccccc2NC(=O)CCc2cncc(OC)c2)cc1. The van der Waals surface area contributed by atoms with Crippen LogP contribution in [0.15, 0.2) is 67.0 Å². The van der Waals surface area contributed by atoms with Crippen molar-refractivity contribution in [2.75, 3.05) is 17.7 Å². The summed E-state index contributed by atoms with van der Waals surface area (Å²) in [5, 5.41) is 5.72. The monoisotopic (exact) mass is 403 g/mol. The number of anilines is 2. The fourth-order valence-electron chi connectivity index (χ4n) is 2.99. The Morgan fingerprint density at radius 2 is 1.73 bits per heavy atom. The summed E-state index contributed by atoms with van der Waals surface area (Å²) in [6, 6.07) is 16.5. The molecule has 2 aromatic carbocycles. The number of aryl methyl sites for hydroxylation is 2. The van der Waals surface area contributed by atoms with E-state index in [9.17, 15) is 9.59 Å². The third-order valence-corrected chi connectivity index (χ3v) is 4.71. The molecular formula is C24H25N3O3. The minimum Gasteiger partial charge on any atom is -0.495 e. The Bertz CT molecular complexity index is 1020. The van der Waals surface area contributed by atoms with Gasteiger partial charge in [0.15, 0.2) is 0 Å². The van der Waals surface area contributed by atoms with Crippen LogP contribution in [0, 0.1) is 0 Å². The number of hydrogen-bond acceptors (Lipinski definition) is 4. The molecule has 2 amide bonds. The lowest BCUT2D eigenvalue weighted by atomic mass is 10.1. The number of para-hydroxylation sites is 1. The van der Waals surface area contributed by atoms with Crippen LogP contribution in [0.3, 0.4) is 0 Å². The van der Waals surface area contributed by atoms with Crippen LogP contribution in [0.25, 0.3) is 0 Å². The lowest BCUT2D eigenvalue weighted by Crippen LogP contribution is -2.18. The van der Waals surface area contributed by atoms with E-state index in [2.05, 4.69) is 22.5 Å². The number of rotatable bonds is 8. The molecule has 0 unspecified atom stereocenters. The van der Waals surface area contributed by atoms with Crippen LogP contribution in [-0.4, -0.2) is 23.9 Å². The molecule has 0 spiro atoms. The third kappa shape index (κ3) is 5.67. The summed E-state index contributed by atoms with van der Waals surface area (Å²) in [5.74, 6) is 0.208. The molecule has 0 saturated carbocycles. The number of nitrogens with zero attached hydrogens (tertiary/aromatic N) is 1. The molecule has 6 nitrogen and oxygen atoms in total. The third-order valence-electron chi connectivity index (χ3n) is 4.71. The minimum absolute atomic E-state index is 0.176. The van der Waals surface area contributed by atoms with E-state index in [4.69, 9.17) is 4.74 Å². The molecule has 0 bridgehead atoms. The van der Waals surface area contributed by atoms with Gasteiger partial charge in [0, 0.05) is 18.3 Å². The van der Waals surface area contributed by atoms with Crippen molar-refractivity contribution in [1.29, 1.82) is 0 Å². The summed E-state index contributed by atoms with van der Waals surface area (Å²) in [6.45, 7) is 2.08. The standard InChI is InChI=1S/C24H25N3O3/c1-3-17-8-11-19(12-9-17)26-24(29)21-6-4-5-7-22(21)27-23(28)13-10-18-14-20(30-2)16-25-15-18/h4-9,11-12,14-16H,3,10,13H2,1-2H3,(H,26,29)(H,27,28). The van der Waals surface area contributed by atoms with Gasteiger partial charge in [-0.3, -0.25) is 14.6 Å². The Labute approximate surface area is 176 Å². The molecule has 0 aliphatic carbocycles. The van der Waals surface area contributed by atoms with Crippen LogP contribution in [-0.2, 0) is 17.6 Å². The molecule has 0 aliphatic rings. The van der Waals surface area contributed by atoms with Crippen molar-refractivity contribution in [3.63, 3.8) is 0 Å². The Morgan fingerprint density at radius 1 is 0.967 bits per heavy atom. The largest absolute Gasteiger partial charge is 0.495 e. The molecule has 0 saturated heterocycles. The van der Waals surface area contributed by atoms with E-state index in [1.54, 1.807) is 43.8 Å². The molecule has 3 aromatic rings. The second kappa shape index (κ2) is 10.2. The van der Waals surface area contributed by atoms with Crippen molar-refractivity contribution in [3.05, 3.63) is 83.7 Å². The maximum Gasteiger partial charge on any atom is 0.257 e. The number of amides is 2. The average molecular weight is 403 g/mol. The lowest BCUT2D eigenvalue weighted by molar-refractivity contribution is -0.116. The Hall–Kier alpha value is -3.67. The summed E-state index contributed by atoms with van der Waals surface area (Å²) in [6.07, 6.45) is 5.06. The van der Waals surface area contributed by atoms with Gasteiger partial charge in [-0.15, -0.1) is 0 Å². The second-order valence-electron chi connectivity index (χ2n) is 6.83. The van der Waals surface area contributed by atoms with Crippen LogP contribution >= 0.6 is 0 Å². The predicted molar refractivity (Wildman–Crippen MR) is 118 cm³/mol. The van der Waals surface area contributed by atoms with Gasteiger partial charge in [0.1, 0.15) is 5.75 Å². The first-order valence-electron chi connectivity index (χ1n) is 9.86. The van der Waals surface area contributed by atoms with Crippen molar-refractivity contribution < 1.29 is 14.3 Å². The van der Waals surface area contributed by atoms with Crippen molar-refractivity contribution >= 4 is 23.2 Å². The van der Waals surface area contributed by atoms with Crippen molar-refractivity contribution in [2.45, 2.75) is 26.2 Å². The number of ether oxygens (including phenoxy) is 1. The lowest BCUT2D eigenvalue weighted by Gasteiger charge is -2.12. The van der Waals surface area contributed by atoms with Gasteiger partial charge in [-0.1, -0.05) is 31.2 Å². The van der Waals surface area contributed by atoms with E-state index in [-0.39, 0.29) is 18.2 Å². The van der Waals surface area contributed by atoms with Crippen LogP contribution in [0.2, 0.25) is 0 Å². The highest BCUT2D eigenvalue weighted by atomic mass is 16.5. The predicted octanol–water partition coefficient (Wildman–Crippen LogP) is 4.48. The highest BCUT2D eigenvalue weighted by Gasteiger charge is 2.13. The summed E-state index contributed by atoms with van der Waals surface area (Å²) >= 11 is 0. The Morgan fingerprint density at radius 3 is 2.47 bits per heavy atom. The molecule has 0 aliphatic heterocycles. The maximum atomic E-state index is 12.7. The number of carbonyl (C=O) groups excluding carboxylic acids is 2. The van der Waals surface area contributed by atoms with Crippen LogP contribution in [0.5, 0.6) is 5.75 Å². The van der Waals surface area contributed by atoms with Crippen LogP contribution in [0.4, 0.5) is 11.4 Å². The van der Waals surface area contributed by atoms with E-state index < -0.39 is 0 Å². The van der Waals surface area contributed by atoms with Gasteiger partial charge < -0.3 is 15.4 Å². The topological polar surface area (TPSA) is 80.3 Å².